The molecule has 4 aromatic rings. The van der Waals surface area contributed by atoms with Gasteiger partial charge in [0.05, 0.1) is 5.92 Å². The molecule has 0 fully saturated rings. The van der Waals surface area contributed by atoms with Crippen LogP contribution in [-0.4, -0.2) is 30.8 Å². The van der Waals surface area contributed by atoms with Crippen molar-refractivity contribution in [1.29, 1.82) is 0 Å². The van der Waals surface area contributed by atoms with E-state index in [1.807, 2.05) is 110 Å². The van der Waals surface area contributed by atoms with Crippen LogP contribution in [0, 0.1) is 5.82 Å². The molecule has 4 rings (SSSR count). The van der Waals surface area contributed by atoms with E-state index in [2.05, 4.69) is 5.32 Å². The van der Waals surface area contributed by atoms with Crippen molar-refractivity contribution in [2.24, 2.45) is 0 Å². The topological polar surface area (TPSA) is 52.7 Å². The van der Waals surface area contributed by atoms with E-state index in [9.17, 15) is 14.0 Å². The number of carbonyl (C=O) groups is 2. The highest BCUT2D eigenvalue weighted by molar-refractivity contribution is 6.04. The van der Waals surface area contributed by atoms with Gasteiger partial charge >= 0.3 is 0 Å². The van der Waals surface area contributed by atoms with E-state index in [1.54, 1.807) is 6.07 Å². The Morgan fingerprint density at radius 3 is 2.15 bits per heavy atom. The van der Waals surface area contributed by atoms with E-state index < -0.39 is 11.7 Å². The molecule has 0 saturated heterocycles. The Morgan fingerprint density at radius 1 is 0.821 bits per heavy atom. The Hall–Kier alpha value is -4.45. The molecule has 5 nitrogen and oxygen atoms in total. The maximum absolute atomic E-state index is 14.1. The van der Waals surface area contributed by atoms with Crippen molar-refractivity contribution < 1.29 is 14.0 Å². The molecule has 4 aromatic carbocycles. The fraction of sp³-hybridized carbons (Fsp3) is 0.212. The summed E-state index contributed by atoms with van der Waals surface area (Å²) in [5, 5.41) is 2.88. The lowest BCUT2D eigenvalue weighted by Gasteiger charge is -2.29. The third-order valence-electron chi connectivity index (χ3n) is 6.70. The predicted octanol–water partition coefficient (Wildman–Crippen LogP) is 6.87. The zero-order valence-electron chi connectivity index (χ0n) is 22.6. The molecule has 0 aliphatic carbocycles. The highest BCUT2D eigenvalue weighted by Crippen LogP contribution is 2.29. The van der Waals surface area contributed by atoms with Crippen LogP contribution in [0.1, 0.15) is 46.3 Å². The van der Waals surface area contributed by atoms with Gasteiger partial charge in [0.25, 0.3) is 5.91 Å². The molecule has 1 atom stereocenters. The lowest BCUT2D eigenvalue weighted by molar-refractivity contribution is -0.134. The molecule has 39 heavy (non-hydrogen) atoms. The van der Waals surface area contributed by atoms with Crippen molar-refractivity contribution in [3.63, 3.8) is 0 Å². The third-order valence-corrected chi connectivity index (χ3v) is 6.70. The van der Waals surface area contributed by atoms with Crippen LogP contribution in [0.25, 0.3) is 0 Å². The first-order valence-corrected chi connectivity index (χ1v) is 13.1. The second-order valence-corrected chi connectivity index (χ2v) is 9.75. The maximum atomic E-state index is 14.1. The summed E-state index contributed by atoms with van der Waals surface area (Å²) >= 11 is 0. The van der Waals surface area contributed by atoms with Gasteiger partial charge in [0.15, 0.2) is 0 Å². The maximum Gasteiger partial charge on any atom is 0.255 e. The quantitative estimate of drug-likeness (QED) is 0.247. The van der Waals surface area contributed by atoms with E-state index in [-0.39, 0.29) is 17.4 Å². The number of carbonyl (C=O) groups excluding carboxylic acids is 2. The van der Waals surface area contributed by atoms with Crippen molar-refractivity contribution in [3.8, 4) is 0 Å². The van der Waals surface area contributed by atoms with Gasteiger partial charge < -0.3 is 15.1 Å². The number of amides is 2. The molecule has 0 aliphatic heterocycles. The van der Waals surface area contributed by atoms with E-state index >= 15 is 0 Å². The summed E-state index contributed by atoms with van der Waals surface area (Å²) in [7, 11) is 3.90. The van der Waals surface area contributed by atoms with Gasteiger partial charge in [-0.2, -0.15) is 0 Å². The Morgan fingerprint density at radius 2 is 1.51 bits per heavy atom. The van der Waals surface area contributed by atoms with Crippen molar-refractivity contribution in [2.75, 3.05) is 24.3 Å². The summed E-state index contributed by atoms with van der Waals surface area (Å²) in [5.41, 5.74) is 4.68. The van der Waals surface area contributed by atoms with E-state index in [1.165, 1.54) is 18.2 Å². The molecule has 0 unspecified atom stereocenters. The molecule has 0 aromatic heterocycles. The molecule has 0 spiro atoms. The number of hydrogen-bond donors (Lipinski definition) is 1. The first kappa shape index (κ1) is 27.6. The summed E-state index contributed by atoms with van der Waals surface area (Å²) < 4.78 is 13.7. The Labute approximate surface area is 229 Å². The van der Waals surface area contributed by atoms with Gasteiger partial charge in [0.2, 0.25) is 5.91 Å². The van der Waals surface area contributed by atoms with Gasteiger partial charge in [-0.05, 0) is 59.5 Å². The van der Waals surface area contributed by atoms with E-state index in [4.69, 9.17) is 0 Å². The first-order chi connectivity index (χ1) is 18.9. The molecule has 2 amide bonds. The number of benzene rings is 4. The first-order valence-electron chi connectivity index (χ1n) is 13.1. The average Bonchev–Trinajstić information content (AvgIpc) is 2.94. The minimum Gasteiger partial charge on any atom is -0.377 e. The summed E-state index contributed by atoms with van der Waals surface area (Å²) in [6, 6.07) is 31.0. The Bertz CT molecular complexity index is 1410. The fourth-order valence-corrected chi connectivity index (χ4v) is 4.74. The van der Waals surface area contributed by atoms with Crippen LogP contribution in [-0.2, 0) is 17.9 Å². The highest BCUT2D eigenvalue weighted by Gasteiger charge is 2.26. The van der Waals surface area contributed by atoms with Crippen LogP contribution in [0.4, 0.5) is 15.8 Å². The normalized spacial score (nSPS) is 11.5. The number of rotatable bonds is 10. The lowest BCUT2D eigenvalue weighted by atomic mass is 9.94. The van der Waals surface area contributed by atoms with Crippen molar-refractivity contribution >= 4 is 23.2 Å². The molecule has 0 heterocycles. The standard InChI is InChI=1S/C33H34FN3O2/c1-4-30(25-14-9-6-10-15-25)33(39)37(22-24-12-7-5-8-13-24)23-27-21-29(18-19-31(27)36(2)3)35-32(38)26-16-11-17-28(34)20-26/h5-21,30H,4,22-23H2,1-3H3,(H,35,38)/t30-/m0/s1. The largest absolute Gasteiger partial charge is 0.377 e. The van der Waals surface area contributed by atoms with Crippen molar-refractivity contribution in [1.82, 2.24) is 4.90 Å². The molecule has 200 valence electrons. The van der Waals surface area contributed by atoms with Gasteiger partial charge in [0, 0.05) is 44.1 Å². The second kappa shape index (κ2) is 12.9. The van der Waals surface area contributed by atoms with E-state index in [0.29, 0.717) is 25.2 Å². The smallest absolute Gasteiger partial charge is 0.255 e. The van der Waals surface area contributed by atoms with Gasteiger partial charge in [-0.3, -0.25) is 9.59 Å². The van der Waals surface area contributed by atoms with E-state index in [0.717, 1.165) is 22.4 Å². The van der Waals surface area contributed by atoms with Gasteiger partial charge in [-0.1, -0.05) is 73.7 Å². The van der Waals surface area contributed by atoms with Crippen LogP contribution < -0.4 is 10.2 Å². The predicted molar refractivity (Wildman–Crippen MR) is 155 cm³/mol. The van der Waals surface area contributed by atoms with Crippen LogP contribution in [0.5, 0.6) is 0 Å². The molecule has 0 radical (unpaired) electrons. The zero-order chi connectivity index (χ0) is 27.8. The zero-order valence-corrected chi connectivity index (χ0v) is 22.6. The van der Waals surface area contributed by atoms with Gasteiger partial charge in [-0.15, -0.1) is 0 Å². The summed E-state index contributed by atoms with van der Waals surface area (Å²) in [5.74, 6) is -1.09. The second-order valence-electron chi connectivity index (χ2n) is 9.75. The van der Waals surface area contributed by atoms with Crippen molar-refractivity contribution in [2.45, 2.75) is 32.4 Å². The Kier molecular flexibility index (Phi) is 9.10. The monoisotopic (exact) mass is 523 g/mol. The number of anilines is 2. The van der Waals surface area contributed by atoms with Gasteiger partial charge in [-0.25, -0.2) is 4.39 Å². The summed E-state index contributed by atoms with van der Waals surface area (Å²) in [6.45, 7) is 2.84. The van der Waals surface area contributed by atoms with Gasteiger partial charge in [0.1, 0.15) is 5.82 Å². The van der Waals surface area contributed by atoms with Crippen LogP contribution >= 0.6 is 0 Å². The molecule has 0 saturated carbocycles. The van der Waals surface area contributed by atoms with Crippen LogP contribution in [0.15, 0.2) is 103 Å². The minimum atomic E-state index is -0.467. The third kappa shape index (κ3) is 7.11. The molecular weight excluding hydrogens is 489 g/mol. The molecule has 0 bridgehead atoms. The molecule has 6 heteroatoms. The fourth-order valence-electron chi connectivity index (χ4n) is 4.74. The van der Waals surface area contributed by atoms with Crippen molar-refractivity contribution in [3.05, 3.63) is 131 Å². The lowest BCUT2D eigenvalue weighted by Crippen LogP contribution is -2.34. The number of halogens is 1. The number of hydrogen-bond acceptors (Lipinski definition) is 3. The minimum absolute atomic E-state index is 0.0476. The summed E-state index contributed by atoms with van der Waals surface area (Å²) in [6.07, 6.45) is 0.679. The molecular formula is C33H34FN3O2. The summed E-state index contributed by atoms with van der Waals surface area (Å²) in [4.78, 5) is 30.7. The molecule has 0 aliphatic rings. The van der Waals surface area contributed by atoms with Crippen LogP contribution in [0.3, 0.4) is 0 Å². The number of nitrogens with one attached hydrogen (secondary N) is 1. The molecule has 1 N–H and O–H groups in total. The SMILES string of the molecule is CC[C@H](C(=O)N(Cc1ccccc1)Cc1cc(NC(=O)c2cccc(F)c2)ccc1N(C)C)c1ccccc1. The highest BCUT2D eigenvalue weighted by atomic mass is 19.1. The average molecular weight is 524 g/mol. The Balaban J connectivity index is 1.67. The van der Waals surface area contributed by atoms with Crippen LogP contribution in [0.2, 0.25) is 0 Å². The number of nitrogens with zero attached hydrogens (tertiary/aromatic N) is 2.